The second-order valence-electron chi connectivity index (χ2n) is 14.1. The Labute approximate surface area is 332 Å². The van der Waals surface area contributed by atoms with Gasteiger partial charge < -0.3 is 4.90 Å². The monoisotopic (exact) mass is 731 g/mol. The Morgan fingerprint density at radius 1 is 0.286 bits per heavy atom. The lowest BCUT2D eigenvalue weighted by molar-refractivity contribution is 1.29. The van der Waals surface area contributed by atoms with Crippen LogP contribution in [0.2, 0.25) is 0 Å². The fourth-order valence-corrected chi connectivity index (χ4v) is 9.15. The van der Waals surface area contributed by atoms with Crippen LogP contribution in [0.1, 0.15) is 0 Å². The summed E-state index contributed by atoms with van der Waals surface area (Å²) in [4.78, 5) is 2.45. The molecule has 1 heterocycles. The molecule has 0 aliphatic carbocycles. The number of rotatable bonds is 8. The van der Waals surface area contributed by atoms with Crippen LogP contribution >= 0.6 is 11.3 Å². The Morgan fingerprint density at radius 3 is 1.41 bits per heavy atom. The van der Waals surface area contributed by atoms with Crippen molar-refractivity contribution in [2.45, 2.75) is 0 Å². The molecule has 0 atom stereocenters. The van der Waals surface area contributed by atoms with E-state index in [1.807, 2.05) is 11.3 Å². The van der Waals surface area contributed by atoms with Crippen LogP contribution in [0.3, 0.4) is 0 Å². The van der Waals surface area contributed by atoms with E-state index < -0.39 is 0 Å². The van der Waals surface area contributed by atoms with Crippen LogP contribution in [0.5, 0.6) is 0 Å². The summed E-state index contributed by atoms with van der Waals surface area (Å²) in [7, 11) is 0. The largest absolute Gasteiger partial charge is 0.310 e. The predicted octanol–water partition coefficient (Wildman–Crippen LogP) is 15.9. The summed E-state index contributed by atoms with van der Waals surface area (Å²) in [6.07, 6.45) is 0. The van der Waals surface area contributed by atoms with Crippen molar-refractivity contribution >= 4 is 48.6 Å². The maximum absolute atomic E-state index is 2.45. The van der Waals surface area contributed by atoms with Gasteiger partial charge in [-0.3, -0.25) is 0 Å². The molecule has 1 nitrogen and oxygen atoms in total. The van der Waals surface area contributed by atoms with Crippen LogP contribution in [0.25, 0.3) is 75.8 Å². The fraction of sp³-hybridized carbons (Fsp3) is 0. The number of hydrogen-bond acceptors (Lipinski definition) is 2. The van der Waals surface area contributed by atoms with E-state index in [1.165, 1.54) is 75.8 Å². The highest BCUT2D eigenvalue weighted by atomic mass is 32.1. The summed E-state index contributed by atoms with van der Waals surface area (Å²) in [5, 5.41) is 2.59. The van der Waals surface area contributed by atoms with Crippen LogP contribution in [-0.2, 0) is 0 Å². The third-order valence-electron chi connectivity index (χ3n) is 10.7. The van der Waals surface area contributed by atoms with Crippen molar-refractivity contribution in [1.82, 2.24) is 0 Å². The molecular weight excluding hydrogens is 695 g/mol. The molecular formula is C54H37NS. The Hall–Kier alpha value is -7.00. The Morgan fingerprint density at radius 2 is 0.750 bits per heavy atom. The van der Waals surface area contributed by atoms with E-state index in [9.17, 15) is 0 Å². The van der Waals surface area contributed by atoms with E-state index >= 15 is 0 Å². The van der Waals surface area contributed by atoms with E-state index in [4.69, 9.17) is 0 Å². The van der Waals surface area contributed by atoms with Crippen molar-refractivity contribution in [3.8, 4) is 55.6 Å². The number of nitrogens with zero attached hydrogens (tertiary/aromatic N) is 1. The number of thiophene rings is 1. The van der Waals surface area contributed by atoms with Gasteiger partial charge in [0.25, 0.3) is 0 Å². The van der Waals surface area contributed by atoms with Crippen molar-refractivity contribution < 1.29 is 0 Å². The minimum Gasteiger partial charge on any atom is -0.310 e. The zero-order chi connectivity index (χ0) is 37.3. The van der Waals surface area contributed by atoms with Crippen LogP contribution in [0, 0.1) is 0 Å². The molecule has 0 amide bonds. The standard InChI is InChI=1S/C54H37NS/c1-4-15-38(16-5-1)39-27-29-40(30-28-39)41-31-33-44(34-32-41)55(45-35-36-49-48-22-12-13-26-52(48)56-53(49)37-45)51-25-14-24-47(43-19-8-3-9-20-43)54(51)50-23-11-10-21-46(50)42-17-6-2-7-18-42/h1-37H. The molecule has 0 saturated carbocycles. The van der Waals surface area contributed by atoms with Gasteiger partial charge >= 0.3 is 0 Å². The highest BCUT2D eigenvalue weighted by Crippen LogP contribution is 2.49. The summed E-state index contributed by atoms with van der Waals surface area (Å²) in [6.45, 7) is 0. The molecule has 0 N–H and O–H groups in total. The van der Waals surface area contributed by atoms with Gasteiger partial charge in [0, 0.05) is 37.1 Å². The zero-order valence-corrected chi connectivity index (χ0v) is 31.5. The molecule has 0 bridgehead atoms. The molecule has 0 spiro atoms. The third kappa shape index (κ3) is 6.26. The van der Waals surface area contributed by atoms with E-state index in [0.29, 0.717) is 0 Å². The van der Waals surface area contributed by atoms with E-state index in [-0.39, 0.29) is 0 Å². The van der Waals surface area contributed by atoms with Gasteiger partial charge in [0.2, 0.25) is 0 Å². The van der Waals surface area contributed by atoms with Crippen LogP contribution in [0.15, 0.2) is 224 Å². The van der Waals surface area contributed by atoms with Crippen LogP contribution in [-0.4, -0.2) is 0 Å². The molecule has 0 aliphatic heterocycles. The average Bonchev–Trinajstić information content (AvgIpc) is 3.66. The smallest absolute Gasteiger partial charge is 0.0546 e. The number of fused-ring (bicyclic) bond motifs is 3. The summed E-state index contributed by atoms with van der Waals surface area (Å²) >= 11 is 1.86. The van der Waals surface area contributed by atoms with Gasteiger partial charge in [-0.15, -0.1) is 11.3 Å². The maximum atomic E-state index is 2.45. The maximum Gasteiger partial charge on any atom is 0.0546 e. The molecule has 56 heavy (non-hydrogen) atoms. The Bertz CT molecular complexity index is 2930. The van der Waals surface area contributed by atoms with Gasteiger partial charge in [-0.2, -0.15) is 0 Å². The predicted molar refractivity (Wildman–Crippen MR) is 241 cm³/mol. The summed E-state index contributed by atoms with van der Waals surface area (Å²) < 4.78 is 2.58. The SMILES string of the molecule is c1ccc(-c2ccc(-c3ccc(N(c4ccc5c(c4)sc4ccccc45)c4cccc(-c5ccccc5)c4-c4ccccc4-c4ccccc4)cc3)cc2)cc1. The van der Waals surface area contributed by atoms with Crippen molar-refractivity contribution in [3.63, 3.8) is 0 Å². The molecule has 0 saturated heterocycles. The van der Waals surface area contributed by atoms with Gasteiger partial charge in [-0.25, -0.2) is 0 Å². The highest BCUT2D eigenvalue weighted by molar-refractivity contribution is 7.25. The molecule has 0 unspecified atom stereocenters. The first-order valence-electron chi connectivity index (χ1n) is 19.1. The van der Waals surface area contributed by atoms with E-state index in [2.05, 4.69) is 229 Å². The van der Waals surface area contributed by atoms with E-state index in [0.717, 1.165) is 17.1 Å². The van der Waals surface area contributed by atoms with Crippen molar-refractivity contribution in [1.29, 1.82) is 0 Å². The lowest BCUT2D eigenvalue weighted by atomic mass is 9.87. The van der Waals surface area contributed by atoms with Gasteiger partial charge in [-0.1, -0.05) is 188 Å². The van der Waals surface area contributed by atoms with Gasteiger partial charge in [0.1, 0.15) is 0 Å². The number of hydrogen-bond donors (Lipinski definition) is 0. The van der Waals surface area contributed by atoms with Crippen molar-refractivity contribution in [2.24, 2.45) is 0 Å². The summed E-state index contributed by atoms with van der Waals surface area (Å²) in [5.74, 6) is 0. The number of anilines is 3. The van der Waals surface area contributed by atoms with Gasteiger partial charge in [0.05, 0.1) is 5.69 Å². The molecule has 264 valence electrons. The lowest BCUT2D eigenvalue weighted by Gasteiger charge is -2.30. The molecule has 10 rings (SSSR count). The molecule has 0 radical (unpaired) electrons. The lowest BCUT2D eigenvalue weighted by Crippen LogP contribution is -2.12. The molecule has 0 aliphatic rings. The average molecular weight is 732 g/mol. The molecule has 10 aromatic rings. The third-order valence-corrected chi connectivity index (χ3v) is 11.9. The zero-order valence-electron chi connectivity index (χ0n) is 30.7. The van der Waals surface area contributed by atoms with Crippen LogP contribution < -0.4 is 4.90 Å². The van der Waals surface area contributed by atoms with E-state index in [1.54, 1.807) is 0 Å². The molecule has 0 fully saturated rings. The first-order valence-corrected chi connectivity index (χ1v) is 19.9. The first-order chi connectivity index (χ1) is 27.8. The quantitative estimate of drug-likeness (QED) is 0.150. The number of benzene rings is 9. The highest BCUT2D eigenvalue weighted by Gasteiger charge is 2.23. The minimum atomic E-state index is 1.10. The Balaban J connectivity index is 1.18. The fourth-order valence-electron chi connectivity index (χ4n) is 8.01. The molecule has 9 aromatic carbocycles. The van der Waals surface area contributed by atoms with Crippen molar-refractivity contribution in [2.75, 3.05) is 4.90 Å². The molecule has 1 aromatic heterocycles. The minimum absolute atomic E-state index is 1.10. The Kier molecular flexibility index (Phi) is 8.79. The summed E-state index contributed by atoms with van der Waals surface area (Å²) in [5.41, 5.74) is 15.3. The first kappa shape index (κ1) is 33.6. The normalized spacial score (nSPS) is 11.2. The van der Waals surface area contributed by atoms with Crippen molar-refractivity contribution in [3.05, 3.63) is 224 Å². The summed E-state index contributed by atoms with van der Waals surface area (Å²) in [6, 6.07) is 81.4. The second-order valence-corrected chi connectivity index (χ2v) is 15.2. The topological polar surface area (TPSA) is 3.24 Å². The second kappa shape index (κ2) is 14.7. The van der Waals surface area contributed by atoms with Crippen LogP contribution in [0.4, 0.5) is 17.1 Å². The van der Waals surface area contributed by atoms with Gasteiger partial charge in [0.15, 0.2) is 0 Å². The molecule has 2 heteroatoms. The van der Waals surface area contributed by atoms with Gasteiger partial charge in [-0.05, 0) is 86.5 Å².